The number of phosphoric acid groups is 2. The van der Waals surface area contributed by atoms with Crippen molar-refractivity contribution in [1.82, 2.24) is 0 Å². The molecule has 3 N–H and O–H groups in total. The van der Waals surface area contributed by atoms with E-state index >= 15 is 0 Å². The third-order valence-corrected chi connectivity index (χ3v) is 19.2. The zero-order valence-corrected chi connectivity index (χ0v) is 61.3. The minimum atomic E-state index is -4.95. The van der Waals surface area contributed by atoms with Crippen molar-refractivity contribution >= 4 is 39.5 Å². The van der Waals surface area contributed by atoms with Gasteiger partial charge < -0.3 is 33.8 Å². The number of phosphoric ester groups is 2. The van der Waals surface area contributed by atoms with Gasteiger partial charge in [-0.15, -0.1) is 0 Å². The Hall–Kier alpha value is -1.94. The lowest BCUT2D eigenvalue weighted by Gasteiger charge is -2.21. The summed E-state index contributed by atoms with van der Waals surface area (Å²) in [6, 6.07) is 0. The number of unbranched alkanes of at least 4 members (excludes halogenated alkanes) is 33. The highest BCUT2D eigenvalue weighted by Gasteiger charge is 2.30. The molecular formula is C72H140O17P2. The van der Waals surface area contributed by atoms with E-state index in [2.05, 4.69) is 55.4 Å². The summed E-state index contributed by atoms with van der Waals surface area (Å²) in [6.45, 7) is 14.1. The van der Waals surface area contributed by atoms with E-state index in [-0.39, 0.29) is 25.7 Å². The molecule has 0 aromatic rings. The lowest BCUT2D eigenvalue weighted by Crippen LogP contribution is -2.30. The van der Waals surface area contributed by atoms with Crippen LogP contribution in [0, 0.1) is 23.7 Å². The molecule has 0 aliphatic heterocycles. The van der Waals surface area contributed by atoms with Gasteiger partial charge >= 0.3 is 39.5 Å². The fourth-order valence-electron chi connectivity index (χ4n) is 10.8. The molecular weight excluding hydrogens is 1200 g/mol. The van der Waals surface area contributed by atoms with E-state index in [1.807, 2.05) is 0 Å². The first-order valence-electron chi connectivity index (χ1n) is 37.3. The third-order valence-electron chi connectivity index (χ3n) is 17.3. The maximum Gasteiger partial charge on any atom is 0.472 e. The van der Waals surface area contributed by atoms with E-state index < -0.39 is 97.5 Å². The van der Waals surface area contributed by atoms with Gasteiger partial charge in [0.05, 0.1) is 26.4 Å². The van der Waals surface area contributed by atoms with E-state index in [1.165, 1.54) is 148 Å². The molecule has 91 heavy (non-hydrogen) atoms. The van der Waals surface area contributed by atoms with Crippen LogP contribution in [0.3, 0.4) is 0 Å². The van der Waals surface area contributed by atoms with Crippen LogP contribution in [-0.4, -0.2) is 96.7 Å². The molecule has 0 rings (SSSR count). The van der Waals surface area contributed by atoms with Crippen molar-refractivity contribution in [3.8, 4) is 0 Å². The first-order valence-corrected chi connectivity index (χ1v) is 40.3. The van der Waals surface area contributed by atoms with E-state index in [4.69, 9.17) is 37.0 Å². The predicted molar refractivity (Wildman–Crippen MR) is 367 cm³/mol. The molecule has 0 bridgehead atoms. The van der Waals surface area contributed by atoms with Gasteiger partial charge in [-0.3, -0.25) is 37.3 Å². The average Bonchev–Trinajstić information content (AvgIpc) is 3.66. The molecule has 17 nitrogen and oxygen atoms in total. The van der Waals surface area contributed by atoms with Crippen LogP contribution in [0.2, 0.25) is 0 Å². The molecule has 0 radical (unpaired) electrons. The monoisotopic (exact) mass is 1340 g/mol. The van der Waals surface area contributed by atoms with Gasteiger partial charge in [0.25, 0.3) is 0 Å². The molecule has 0 amide bonds. The maximum atomic E-state index is 13.0. The topological polar surface area (TPSA) is 237 Å². The van der Waals surface area contributed by atoms with Gasteiger partial charge in [-0.2, -0.15) is 0 Å². The first-order chi connectivity index (χ1) is 43.7. The third kappa shape index (κ3) is 63.9. The van der Waals surface area contributed by atoms with Crippen molar-refractivity contribution in [3.63, 3.8) is 0 Å². The average molecular weight is 1340 g/mol. The van der Waals surface area contributed by atoms with Gasteiger partial charge in [0, 0.05) is 25.7 Å². The molecule has 540 valence electrons. The van der Waals surface area contributed by atoms with Crippen LogP contribution in [0.1, 0.15) is 357 Å². The molecule has 0 aliphatic rings. The lowest BCUT2D eigenvalue weighted by atomic mass is 9.99. The largest absolute Gasteiger partial charge is 0.472 e. The highest BCUT2D eigenvalue weighted by atomic mass is 31.2. The molecule has 0 fully saturated rings. The van der Waals surface area contributed by atoms with Gasteiger partial charge in [0.15, 0.2) is 12.2 Å². The first kappa shape index (κ1) is 89.1. The zero-order chi connectivity index (χ0) is 67.5. The zero-order valence-electron chi connectivity index (χ0n) is 59.5. The van der Waals surface area contributed by atoms with Crippen molar-refractivity contribution in [2.24, 2.45) is 23.7 Å². The second kappa shape index (κ2) is 61.6. The van der Waals surface area contributed by atoms with E-state index in [1.54, 1.807) is 0 Å². The molecule has 0 saturated carbocycles. The molecule has 0 saturated heterocycles. The van der Waals surface area contributed by atoms with Gasteiger partial charge in [-0.05, 0) is 49.4 Å². The number of carbonyl (C=O) groups excluding carboxylic acids is 4. The Morgan fingerprint density at radius 3 is 0.780 bits per heavy atom. The highest BCUT2D eigenvalue weighted by molar-refractivity contribution is 7.47. The van der Waals surface area contributed by atoms with Gasteiger partial charge in [0.2, 0.25) is 0 Å². The Morgan fingerprint density at radius 1 is 0.308 bits per heavy atom. The molecule has 4 unspecified atom stereocenters. The number of rotatable bonds is 69. The summed E-state index contributed by atoms with van der Waals surface area (Å²) in [6.07, 6.45) is 44.6. The van der Waals surface area contributed by atoms with Crippen LogP contribution in [0.4, 0.5) is 0 Å². The van der Waals surface area contributed by atoms with Crippen LogP contribution >= 0.6 is 15.6 Å². The standard InChI is InChI=1S/C72H140O17P2/c1-9-64(7)50-42-34-25-21-18-19-23-27-39-47-55-72(77)89-68(59-83-70(75)53-45-37-31-29-35-43-51-65(8)10-2)61-87-91(80,81)85-57-66(73)56-84-90(78,79)86-60-67(58-82-69(74)52-44-36-30-28-33-41-49-63(5)6)88-71(76)54-46-38-26-22-17-15-13-11-12-14-16-20-24-32-40-48-62(3)4/h62-68,73H,9-61H2,1-8H3,(H,78,79)(H,80,81)/t64?,65?,66-,67-,68-/m1/s1. The van der Waals surface area contributed by atoms with Crippen molar-refractivity contribution in [2.75, 3.05) is 39.6 Å². The number of aliphatic hydroxyl groups is 1. The minimum absolute atomic E-state index is 0.105. The highest BCUT2D eigenvalue weighted by Crippen LogP contribution is 2.45. The number of ether oxygens (including phenoxy) is 4. The summed E-state index contributed by atoms with van der Waals surface area (Å²) in [5.74, 6) is 0.886. The van der Waals surface area contributed by atoms with Crippen LogP contribution in [0.5, 0.6) is 0 Å². The number of esters is 4. The van der Waals surface area contributed by atoms with E-state index in [0.29, 0.717) is 31.6 Å². The van der Waals surface area contributed by atoms with Gasteiger partial charge in [0.1, 0.15) is 19.3 Å². The SMILES string of the molecule is CCC(C)CCCCCCCCCCCCC(=O)O[C@H](COC(=O)CCCCCCCCC(C)CC)COP(=O)(O)OC[C@H](O)COP(=O)(O)OC[C@@H](COC(=O)CCCCCCCCC(C)C)OC(=O)CCCCCCCCCCCCCCCCCC(C)C. The maximum absolute atomic E-state index is 13.0. The molecule has 0 aliphatic carbocycles. The van der Waals surface area contributed by atoms with Gasteiger partial charge in [-0.25, -0.2) is 9.13 Å². The van der Waals surface area contributed by atoms with E-state index in [0.717, 1.165) is 120 Å². The quantitative estimate of drug-likeness (QED) is 0.0222. The molecule has 7 atom stereocenters. The number of hydrogen-bond acceptors (Lipinski definition) is 15. The fourth-order valence-corrected chi connectivity index (χ4v) is 12.4. The van der Waals surface area contributed by atoms with Gasteiger partial charge in [-0.1, -0.05) is 306 Å². The summed E-state index contributed by atoms with van der Waals surface area (Å²) >= 11 is 0. The molecule has 0 spiro atoms. The Morgan fingerprint density at radius 2 is 0.527 bits per heavy atom. The normalized spacial score (nSPS) is 14.8. The number of hydrogen-bond donors (Lipinski definition) is 3. The number of aliphatic hydroxyl groups excluding tert-OH is 1. The fraction of sp³-hybridized carbons (Fsp3) is 0.944. The summed E-state index contributed by atoms with van der Waals surface area (Å²) in [5.41, 5.74) is 0. The van der Waals surface area contributed by atoms with Crippen LogP contribution < -0.4 is 0 Å². The molecule has 0 heterocycles. The Labute approximate surface area is 556 Å². The predicted octanol–water partition coefficient (Wildman–Crippen LogP) is 20.5. The molecule has 0 aromatic carbocycles. The summed E-state index contributed by atoms with van der Waals surface area (Å²) < 4.78 is 68.3. The second-order valence-corrected chi connectivity index (χ2v) is 30.3. The van der Waals surface area contributed by atoms with Crippen molar-refractivity contribution in [2.45, 2.75) is 375 Å². The Bertz CT molecular complexity index is 1800. The molecule has 0 aromatic heterocycles. The Kier molecular flexibility index (Phi) is 60.3. The minimum Gasteiger partial charge on any atom is -0.462 e. The van der Waals surface area contributed by atoms with Crippen LogP contribution in [0.15, 0.2) is 0 Å². The summed E-state index contributed by atoms with van der Waals surface area (Å²) in [4.78, 5) is 72.6. The second-order valence-electron chi connectivity index (χ2n) is 27.4. The molecule has 19 heteroatoms. The van der Waals surface area contributed by atoms with E-state index in [9.17, 15) is 43.2 Å². The summed E-state index contributed by atoms with van der Waals surface area (Å²) in [5, 5.41) is 10.6. The number of carbonyl (C=O) groups is 4. The summed E-state index contributed by atoms with van der Waals surface area (Å²) in [7, 11) is -9.91. The smallest absolute Gasteiger partial charge is 0.462 e. The van der Waals surface area contributed by atoms with Crippen molar-refractivity contribution in [3.05, 3.63) is 0 Å². The van der Waals surface area contributed by atoms with Crippen LogP contribution in [0.25, 0.3) is 0 Å². The van der Waals surface area contributed by atoms with Crippen LogP contribution in [-0.2, 0) is 65.4 Å². The lowest BCUT2D eigenvalue weighted by molar-refractivity contribution is -0.161. The van der Waals surface area contributed by atoms with Crippen molar-refractivity contribution in [1.29, 1.82) is 0 Å². The van der Waals surface area contributed by atoms with Crippen molar-refractivity contribution < 1.29 is 80.2 Å². The Balaban J connectivity index is 5.21.